The fourth-order valence-corrected chi connectivity index (χ4v) is 4.51. The number of hydrogen-bond acceptors (Lipinski definition) is 5. The number of nitro groups is 1. The summed E-state index contributed by atoms with van der Waals surface area (Å²) in [4.78, 5) is 10.2. The molecule has 2 rings (SSSR count). The summed E-state index contributed by atoms with van der Waals surface area (Å²) in [6.45, 7) is 4.02. The van der Waals surface area contributed by atoms with Crippen LogP contribution in [0, 0.1) is 16.0 Å². The largest absolute Gasteiger partial charge is 0.392 e. The standard InChI is InChI=1S/C20H26N2O5S/c1-16(2)14-21(15-19(23)11-8-17-6-4-3-5-7-17)28(26,27)20-12-9-18(10-13-20)22(24)25/h3-7,9-10,12-13,16,19,23H,8,11,14-15H2,1-2H3/t19-/m1/s1. The van der Waals surface area contributed by atoms with Gasteiger partial charge in [0.05, 0.1) is 15.9 Å². The lowest BCUT2D eigenvalue weighted by atomic mass is 10.1. The lowest BCUT2D eigenvalue weighted by molar-refractivity contribution is -0.384. The van der Waals surface area contributed by atoms with E-state index in [4.69, 9.17) is 0 Å². The van der Waals surface area contributed by atoms with Crippen LogP contribution in [0.5, 0.6) is 0 Å². The molecule has 8 heteroatoms. The van der Waals surface area contributed by atoms with Crippen molar-refractivity contribution in [3.8, 4) is 0 Å². The van der Waals surface area contributed by atoms with Crippen LogP contribution in [0.2, 0.25) is 0 Å². The van der Waals surface area contributed by atoms with E-state index in [9.17, 15) is 23.6 Å². The highest BCUT2D eigenvalue weighted by Gasteiger charge is 2.27. The maximum absolute atomic E-state index is 13.0. The number of aliphatic hydroxyl groups is 1. The minimum atomic E-state index is -3.87. The fraction of sp³-hybridized carbons (Fsp3) is 0.400. The molecule has 0 radical (unpaired) electrons. The van der Waals surface area contributed by atoms with Gasteiger partial charge in [0.1, 0.15) is 0 Å². The number of nitro benzene ring substituents is 1. The van der Waals surface area contributed by atoms with E-state index >= 15 is 0 Å². The quantitative estimate of drug-likeness (QED) is 0.482. The number of non-ortho nitro benzene ring substituents is 1. The molecule has 28 heavy (non-hydrogen) atoms. The van der Waals surface area contributed by atoms with Gasteiger partial charge in [0.25, 0.3) is 5.69 Å². The van der Waals surface area contributed by atoms with Crippen molar-refractivity contribution in [2.75, 3.05) is 13.1 Å². The molecule has 2 aromatic carbocycles. The molecule has 0 saturated carbocycles. The number of nitrogens with zero attached hydrogens (tertiary/aromatic N) is 2. The minimum Gasteiger partial charge on any atom is -0.392 e. The first-order valence-electron chi connectivity index (χ1n) is 9.16. The molecular weight excluding hydrogens is 380 g/mol. The van der Waals surface area contributed by atoms with Crippen LogP contribution < -0.4 is 0 Å². The maximum Gasteiger partial charge on any atom is 0.269 e. The molecule has 0 aliphatic heterocycles. The normalized spacial score (nSPS) is 13.0. The first-order chi connectivity index (χ1) is 13.2. The van der Waals surface area contributed by atoms with Gasteiger partial charge in [-0.1, -0.05) is 44.2 Å². The van der Waals surface area contributed by atoms with Crippen molar-refractivity contribution >= 4 is 15.7 Å². The Balaban J connectivity index is 2.13. The lowest BCUT2D eigenvalue weighted by Crippen LogP contribution is -2.40. The summed E-state index contributed by atoms with van der Waals surface area (Å²) in [5, 5.41) is 21.2. The predicted molar refractivity (Wildman–Crippen MR) is 107 cm³/mol. The van der Waals surface area contributed by atoms with E-state index in [1.54, 1.807) is 0 Å². The average molecular weight is 407 g/mol. The second-order valence-electron chi connectivity index (χ2n) is 7.14. The average Bonchev–Trinajstić information content (AvgIpc) is 2.66. The van der Waals surface area contributed by atoms with Crippen molar-refractivity contribution in [2.24, 2.45) is 5.92 Å². The smallest absolute Gasteiger partial charge is 0.269 e. The molecule has 2 aromatic rings. The Morgan fingerprint density at radius 2 is 1.64 bits per heavy atom. The summed E-state index contributed by atoms with van der Waals surface area (Å²) in [5.74, 6) is 0.0640. The molecule has 0 aliphatic rings. The SMILES string of the molecule is CC(C)CN(C[C@H](O)CCc1ccccc1)S(=O)(=O)c1ccc([N+](=O)[O-])cc1. The first-order valence-corrected chi connectivity index (χ1v) is 10.6. The van der Waals surface area contributed by atoms with Gasteiger partial charge in [-0.2, -0.15) is 4.31 Å². The Morgan fingerprint density at radius 3 is 2.18 bits per heavy atom. The first kappa shape index (κ1) is 22.0. The van der Waals surface area contributed by atoms with Crippen LogP contribution in [0.15, 0.2) is 59.5 Å². The van der Waals surface area contributed by atoms with Crippen LogP contribution in [0.1, 0.15) is 25.8 Å². The van der Waals surface area contributed by atoms with Crippen LogP contribution in [-0.2, 0) is 16.4 Å². The Bertz CT molecular complexity index is 867. The summed E-state index contributed by atoms with van der Waals surface area (Å²) in [5.41, 5.74) is 0.910. The zero-order valence-corrected chi connectivity index (χ0v) is 16.9. The molecular formula is C20H26N2O5S. The third kappa shape index (κ3) is 6.12. The molecule has 1 atom stereocenters. The number of aliphatic hydroxyl groups excluding tert-OH is 1. The summed E-state index contributed by atoms with van der Waals surface area (Å²) >= 11 is 0. The molecule has 0 unspecified atom stereocenters. The molecule has 0 aromatic heterocycles. The molecule has 0 aliphatic carbocycles. The van der Waals surface area contributed by atoms with Crippen LogP contribution in [0.4, 0.5) is 5.69 Å². The molecule has 0 amide bonds. The third-order valence-corrected chi connectivity index (χ3v) is 6.12. The highest BCUT2D eigenvalue weighted by Crippen LogP contribution is 2.21. The number of benzene rings is 2. The van der Waals surface area contributed by atoms with Crippen molar-refractivity contribution < 1.29 is 18.4 Å². The summed E-state index contributed by atoms with van der Waals surface area (Å²) < 4.78 is 27.3. The van der Waals surface area contributed by atoms with Gasteiger partial charge in [0.15, 0.2) is 0 Å². The summed E-state index contributed by atoms with van der Waals surface area (Å²) in [6, 6.07) is 14.5. The van der Waals surface area contributed by atoms with E-state index in [1.807, 2.05) is 44.2 Å². The van der Waals surface area contributed by atoms with Gasteiger partial charge >= 0.3 is 0 Å². The Hall–Kier alpha value is -2.29. The zero-order valence-electron chi connectivity index (χ0n) is 16.1. The molecule has 152 valence electrons. The van der Waals surface area contributed by atoms with Crippen molar-refractivity contribution in [1.82, 2.24) is 4.31 Å². The Labute approximate surface area is 165 Å². The third-order valence-electron chi connectivity index (χ3n) is 4.28. The molecule has 1 N–H and O–H groups in total. The number of hydrogen-bond donors (Lipinski definition) is 1. The second-order valence-corrected chi connectivity index (χ2v) is 9.08. The second kappa shape index (κ2) is 9.77. The van der Waals surface area contributed by atoms with Crippen molar-refractivity contribution in [2.45, 2.75) is 37.7 Å². The maximum atomic E-state index is 13.0. The van der Waals surface area contributed by atoms with Gasteiger partial charge in [-0.3, -0.25) is 10.1 Å². The van der Waals surface area contributed by atoms with E-state index in [0.717, 1.165) is 5.56 Å². The van der Waals surface area contributed by atoms with Gasteiger partial charge in [0, 0.05) is 25.2 Å². The molecule has 0 saturated heterocycles. The topological polar surface area (TPSA) is 101 Å². The van der Waals surface area contributed by atoms with Crippen LogP contribution in [0.3, 0.4) is 0 Å². The highest BCUT2D eigenvalue weighted by molar-refractivity contribution is 7.89. The molecule has 0 heterocycles. The van der Waals surface area contributed by atoms with E-state index in [1.165, 1.54) is 28.6 Å². The lowest BCUT2D eigenvalue weighted by Gasteiger charge is -2.26. The number of rotatable bonds is 10. The van der Waals surface area contributed by atoms with Gasteiger partial charge < -0.3 is 5.11 Å². The Kier molecular flexibility index (Phi) is 7.68. The summed E-state index contributed by atoms with van der Waals surface area (Å²) in [6.07, 6.45) is 0.274. The van der Waals surface area contributed by atoms with Crippen LogP contribution in [-0.4, -0.2) is 41.9 Å². The van der Waals surface area contributed by atoms with Crippen LogP contribution in [0.25, 0.3) is 0 Å². The van der Waals surface area contributed by atoms with E-state index in [2.05, 4.69) is 0 Å². The molecule has 0 spiro atoms. The predicted octanol–water partition coefficient (Wildman–Crippen LogP) is 3.24. The van der Waals surface area contributed by atoms with E-state index in [-0.39, 0.29) is 29.6 Å². The van der Waals surface area contributed by atoms with Crippen LogP contribution >= 0.6 is 0 Å². The minimum absolute atomic E-state index is 0.0194. The number of aryl methyl sites for hydroxylation is 1. The fourth-order valence-electron chi connectivity index (χ4n) is 2.87. The Morgan fingerprint density at radius 1 is 1.04 bits per heavy atom. The van der Waals surface area contributed by atoms with Gasteiger partial charge in [0.2, 0.25) is 10.0 Å². The molecule has 0 bridgehead atoms. The van der Waals surface area contributed by atoms with Gasteiger partial charge in [-0.15, -0.1) is 0 Å². The molecule has 7 nitrogen and oxygen atoms in total. The van der Waals surface area contributed by atoms with Crippen molar-refractivity contribution in [3.63, 3.8) is 0 Å². The van der Waals surface area contributed by atoms with E-state index in [0.29, 0.717) is 12.8 Å². The monoisotopic (exact) mass is 406 g/mol. The van der Waals surface area contributed by atoms with E-state index < -0.39 is 21.1 Å². The molecule has 0 fully saturated rings. The van der Waals surface area contributed by atoms with Gasteiger partial charge in [-0.25, -0.2) is 8.42 Å². The zero-order chi connectivity index (χ0) is 20.7. The van der Waals surface area contributed by atoms with Crippen molar-refractivity contribution in [3.05, 3.63) is 70.3 Å². The number of sulfonamides is 1. The van der Waals surface area contributed by atoms with Crippen molar-refractivity contribution in [1.29, 1.82) is 0 Å². The highest BCUT2D eigenvalue weighted by atomic mass is 32.2. The van der Waals surface area contributed by atoms with Gasteiger partial charge in [-0.05, 0) is 36.5 Å². The summed E-state index contributed by atoms with van der Waals surface area (Å²) in [7, 11) is -3.87.